The molecule has 1 aliphatic rings. The summed E-state index contributed by atoms with van der Waals surface area (Å²) in [4.78, 5) is 2.94. The predicted molar refractivity (Wildman–Crippen MR) is 49.0 cm³/mol. The van der Waals surface area contributed by atoms with Crippen LogP contribution < -0.4 is 5.32 Å². The molecule has 2 rings (SSSR count). The zero-order chi connectivity index (χ0) is 7.68. The fraction of sp³-hybridized carbons (Fsp3) is 0.556. The third-order valence-electron chi connectivity index (χ3n) is 2.16. The lowest BCUT2D eigenvalue weighted by Gasteiger charge is -2.05. The van der Waals surface area contributed by atoms with E-state index in [0.717, 1.165) is 0 Å². The highest BCUT2D eigenvalue weighted by Crippen LogP contribution is 2.28. The van der Waals surface area contributed by atoms with Gasteiger partial charge in [-0.25, -0.2) is 0 Å². The summed E-state index contributed by atoms with van der Waals surface area (Å²) in [5.74, 6) is 0. The summed E-state index contributed by atoms with van der Waals surface area (Å²) in [6.07, 6.45) is 2.65. The molecule has 1 atom stereocenters. The molecule has 1 unspecified atom stereocenters. The summed E-state index contributed by atoms with van der Waals surface area (Å²) in [5, 5.41) is 3.50. The first kappa shape index (κ1) is 7.32. The number of nitrogens with one attached hydrogen (secondary N) is 1. The van der Waals surface area contributed by atoms with Crippen molar-refractivity contribution in [2.75, 3.05) is 6.54 Å². The number of thiophene rings is 1. The Morgan fingerprint density at radius 3 is 3.00 bits per heavy atom. The Balaban J connectivity index is 2.15. The minimum Gasteiger partial charge on any atom is -0.309 e. The standard InChI is InChI=1S/C9H13NS/c1-7-4-5-9(11-7)8-3-2-6-10-8/h4-5,8,10H,2-3,6H2,1H3. The summed E-state index contributed by atoms with van der Waals surface area (Å²) >= 11 is 1.92. The SMILES string of the molecule is Cc1ccc(C2CCCN2)s1. The van der Waals surface area contributed by atoms with Crippen LogP contribution in [0.5, 0.6) is 0 Å². The van der Waals surface area contributed by atoms with Crippen molar-refractivity contribution in [3.8, 4) is 0 Å². The van der Waals surface area contributed by atoms with E-state index in [1.165, 1.54) is 29.1 Å². The van der Waals surface area contributed by atoms with Gasteiger partial charge >= 0.3 is 0 Å². The quantitative estimate of drug-likeness (QED) is 0.677. The lowest BCUT2D eigenvalue weighted by molar-refractivity contribution is 0.660. The van der Waals surface area contributed by atoms with Gasteiger partial charge < -0.3 is 5.32 Å². The number of rotatable bonds is 1. The van der Waals surface area contributed by atoms with Gasteiger partial charge in [0.15, 0.2) is 0 Å². The van der Waals surface area contributed by atoms with E-state index in [9.17, 15) is 0 Å². The first-order valence-electron chi connectivity index (χ1n) is 4.16. The van der Waals surface area contributed by atoms with Crippen molar-refractivity contribution >= 4 is 11.3 Å². The van der Waals surface area contributed by atoms with E-state index in [2.05, 4.69) is 24.4 Å². The number of hydrogen-bond acceptors (Lipinski definition) is 2. The van der Waals surface area contributed by atoms with Gasteiger partial charge in [0.2, 0.25) is 0 Å². The van der Waals surface area contributed by atoms with Crippen molar-refractivity contribution in [3.63, 3.8) is 0 Å². The van der Waals surface area contributed by atoms with Crippen molar-refractivity contribution in [1.29, 1.82) is 0 Å². The molecule has 60 valence electrons. The first-order valence-corrected chi connectivity index (χ1v) is 4.97. The Hall–Kier alpha value is -0.340. The van der Waals surface area contributed by atoms with E-state index in [0.29, 0.717) is 6.04 Å². The summed E-state index contributed by atoms with van der Waals surface area (Å²) in [6.45, 7) is 3.37. The Morgan fingerprint density at radius 1 is 1.55 bits per heavy atom. The van der Waals surface area contributed by atoms with Crippen molar-refractivity contribution in [3.05, 3.63) is 21.9 Å². The second kappa shape index (κ2) is 2.95. The average Bonchev–Trinajstić information content (AvgIpc) is 2.55. The molecule has 0 radical (unpaired) electrons. The maximum absolute atomic E-state index is 3.50. The minimum absolute atomic E-state index is 0.661. The second-order valence-electron chi connectivity index (χ2n) is 3.10. The molecule has 1 nitrogen and oxygen atoms in total. The molecule has 0 aromatic carbocycles. The zero-order valence-corrected chi connectivity index (χ0v) is 7.58. The number of hydrogen-bond donors (Lipinski definition) is 1. The van der Waals surface area contributed by atoms with E-state index < -0.39 is 0 Å². The summed E-state index contributed by atoms with van der Waals surface area (Å²) in [7, 11) is 0. The molecule has 1 aliphatic heterocycles. The van der Waals surface area contributed by atoms with Gasteiger partial charge in [0, 0.05) is 15.8 Å². The monoisotopic (exact) mass is 167 g/mol. The molecule has 0 amide bonds. The van der Waals surface area contributed by atoms with Crippen molar-refractivity contribution in [2.24, 2.45) is 0 Å². The Kier molecular flexibility index (Phi) is 1.96. The molecule has 0 spiro atoms. The van der Waals surface area contributed by atoms with Gasteiger partial charge in [-0.2, -0.15) is 0 Å². The van der Waals surface area contributed by atoms with Crippen LogP contribution in [0.3, 0.4) is 0 Å². The van der Waals surface area contributed by atoms with Crippen LogP contribution in [0, 0.1) is 6.92 Å². The average molecular weight is 167 g/mol. The van der Waals surface area contributed by atoms with E-state index >= 15 is 0 Å². The Bertz CT molecular complexity index is 235. The maximum Gasteiger partial charge on any atom is 0.0415 e. The lowest BCUT2D eigenvalue weighted by atomic mass is 10.2. The molecule has 1 aromatic rings. The van der Waals surface area contributed by atoms with Crippen molar-refractivity contribution in [2.45, 2.75) is 25.8 Å². The molecule has 0 aliphatic carbocycles. The predicted octanol–water partition coefficient (Wildman–Crippen LogP) is 2.48. The van der Waals surface area contributed by atoms with Crippen LogP contribution in [0.4, 0.5) is 0 Å². The van der Waals surface area contributed by atoms with Gasteiger partial charge in [0.25, 0.3) is 0 Å². The summed E-state index contributed by atoms with van der Waals surface area (Å²) in [5.41, 5.74) is 0. The first-order chi connectivity index (χ1) is 5.36. The van der Waals surface area contributed by atoms with Crippen LogP contribution in [0.2, 0.25) is 0 Å². The molecule has 0 saturated carbocycles. The maximum atomic E-state index is 3.50. The van der Waals surface area contributed by atoms with E-state index in [-0.39, 0.29) is 0 Å². The van der Waals surface area contributed by atoms with Crippen LogP contribution in [-0.4, -0.2) is 6.54 Å². The molecule has 2 heterocycles. The highest BCUT2D eigenvalue weighted by molar-refractivity contribution is 7.12. The third kappa shape index (κ3) is 1.47. The molecule has 1 aromatic heterocycles. The van der Waals surface area contributed by atoms with E-state index in [1.807, 2.05) is 11.3 Å². The van der Waals surface area contributed by atoms with E-state index in [1.54, 1.807) is 0 Å². The van der Waals surface area contributed by atoms with Crippen LogP contribution >= 0.6 is 11.3 Å². The molecular formula is C9H13NS. The van der Waals surface area contributed by atoms with E-state index in [4.69, 9.17) is 0 Å². The van der Waals surface area contributed by atoms with Gasteiger partial charge in [-0.15, -0.1) is 11.3 Å². The normalized spacial score (nSPS) is 24.3. The zero-order valence-electron chi connectivity index (χ0n) is 6.76. The number of aryl methyl sites for hydroxylation is 1. The Labute approximate surface area is 71.4 Å². The molecule has 11 heavy (non-hydrogen) atoms. The van der Waals surface area contributed by atoms with Crippen molar-refractivity contribution in [1.82, 2.24) is 5.32 Å². The fourth-order valence-electron chi connectivity index (χ4n) is 1.57. The Morgan fingerprint density at radius 2 is 2.45 bits per heavy atom. The highest BCUT2D eigenvalue weighted by Gasteiger charge is 2.16. The highest BCUT2D eigenvalue weighted by atomic mass is 32.1. The summed E-state index contributed by atoms with van der Waals surface area (Å²) in [6, 6.07) is 5.12. The van der Waals surface area contributed by atoms with Crippen LogP contribution in [0.25, 0.3) is 0 Å². The molecule has 1 fully saturated rings. The molecular weight excluding hydrogens is 154 g/mol. The van der Waals surface area contributed by atoms with Gasteiger partial charge in [0.05, 0.1) is 0 Å². The summed E-state index contributed by atoms with van der Waals surface area (Å²) < 4.78 is 0. The van der Waals surface area contributed by atoms with Gasteiger partial charge in [-0.05, 0) is 38.4 Å². The van der Waals surface area contributed by atoms with Gasteiger partial charge in [0.1, 0.15) is 0 Å². The fourth-order valence-corrected chi connectivity index (χ4v) is 2.56. The third-order valence-corrected chi connectivity index (χ3v) is 3.28. The molecule has 1 saturated heterocycles. The van der Waals surface area contributed by atoms with Crippen molar-refractivity contribution < 1.29 is 0 Å². The van der Waals surface area contributed by atoms with Gasteiger partial charge in [-0.3, -0.25) is 0 Å². The molecule has 1 N–H and O–H groups in total. The van der Waals surface area contributed by atoms with Crippen LogP contribution in [0.1, 0.15) is 28.6 Å². The topological polar surface area (TPSA) is 12.0 Å². The molecule has 0 bridgehead atoms. The van der Waals surface area contributed by atoms with Gasteiger partial charge in [-0.1, -0.05) is 0 Å². The minimum atomic E-state index is 0.661. The largest absolute Gasteiger partial charge is 0.309 e. The second-order valence-corrected chi connectivity index (χ2v) is 4.42. The molecule has 2 heteroatoms. The lowest BCUT2D eigenvalue weighted by Crippen LogP contribution is -2.11. The smallest absolute Gasteiger partial charge is 0.0415 e. The van der Waals surface area contributed by atoms with Crippen LogP contribution in [0.15, 0.2) is 12.1 Å². The van der Waals surface area contributed by atoms with Crippen LogP contribution in [-0.2, 0) is 0 Å².